The Morgan fingerprint density at radius 3 is 2.60 bits per heavy atom. The summed E-state index contributed by atoms with van der Waals surface area (Å²) in [5.74, 6) is -0.0961. The number of hydrogen-bond acceptors (Lipinski definition) is 4. The van der Waals surface area contributed by atoms with E-state index in [1.165, 1.54) is 6.07 Å². The number of hydrogen-bond donors (Lipinski definition) is 3. The van der Waals surface area contributed by atoms with Gasteiger partial charge in [-0.3, -0.25) is 0 Å². The molecule has 1 aromatic heterocycles. The molecular weight excluding hydrogens is 256 g/mol. The maximum absolute atomic E-state index is 11.1. The van der Waals surface area contributed by atoms with Crippen LogP contribution in [0.1, 0.15) is 50.2 Å². The Kier molecular flexibility index (Phi) is 5.51. The molecule has 0 fully saturated rings. The SMILES string of the molecule is CCc1cc(C(=O)O)cc(NCC(C)(O)CC(C)C)n1. The minimum Gasteiger partial charge on any atom is -0.478 e. The van der Waals surface area contributed by atoms with Gasteiger partial charge in [0, 0.05) is 12.2 Å². The Hall–Kier alpha value is -1.62. The van der Waals surface area contributed by atoms with Crippen molar-refractivity contribution >= 4 is 11.8 Å². The van der Waals surface area contributed by atoms with Crippen molar-refractivity contribution < 1.29 is 15.0 Å². The van der Waals surface area contributed by atoms with Gasteiger partial charge in [-0.25, -0.2) is 9.78 Å². The van der Waals surface area contributed by atoms with Crippen LogP contribution in [0, 0.1) is 5.92 Å². The second kappa shape index (κ2) is 6.70. The van der Waals surface area contributed by atoms with E-state index < -0.39 is 11.6 Å². The van der Waals surface area contributed by atoms with Crippen LogP contribution in [0.5, 0.6) is 0 Å². The zero-order valence-electron chi connectivity index (χ0n) is 12.6. The van der Waals surface area contributed by atoms with E-state index in [0.29, 0.717) is 31.1 Å². The van der Waals surface area contributed by atoms with Gasteiger partial charge in [0.25, 0.3) is 0 Å². The monoisotopic (exact) mass is 280 g/mol. The molecule has 3 N–H and O–H groups in total. The average molecular weight is 280 g/mol. The molecule has 5 nitrogen and oxygen atoms in total. The zero-order chi connectivity index (χ0) is 15.3. The molecule has 5 heteroatoms. The van der Waals surface area contributed by atoms with E-state index in [2.05, 4.69) is 10.3 Å². The lowest BCUT2D eigenvalue weighted by Gasteiger charge is -2.26. The highest BCUT2D eigenvalue weighted by Crippen LogP contribution is 2.18. The van der Waals surface area contributed by atoms with Gasteiger partial charge in [-0.2, -0.15) is 0 Å². The normalized spacial score (nSPS) is 14.1. The fourth-order valence-electron chi connectivity index (χ4n) is 2.22. The maximum Gasteiger partial charge on any atom is 0.335 e. The second-order valence-electron chi connectivity index (χ2n) is 5.84. The van der Waals surface area contributed by atoms with Crippen LogP contribution in [0.2, 0.25) is 0 Å². The Labute approximate surface area is 120 Å². The van der Waals surface area contributed by atoms with E-state index in [4.69, 9.17) is 5.11 Å². The molecule has 112 valence electrons. The molecule has 1 heterocycles. The van der Waals surface area contributed by atoms with Gasteiger partial charge in [0.1, 0.15) is 5.82 Å². The van der Waals surface area contributed by atoms with Gasteiger partial charge in [0.05, 0.1) is 11.2 Å². The number of nitrogens with one attached hydrogen (secondary N) is 1. The van der Waals surface area contributed by atoms with Gasteiger partial charge in [0.15, 0.2) is 0 Å². The fraction of sp³-hybridized carbons (Fsp3) is 0.600. The number of aromatic nitrogens is 1. The average Bonchev–Trinajstić information content (AvgIpc) is 2.34. The highest BCUT2D eigenvalue weighted by atomic mass is 16.4. The molecular formula is C15H24N2O3. The van der Waals surface area contributed by atoms with Gasteiger partial charge >= 0.3 is 5.97 Å². The molecule has 0 spiro atoms. The summed E-state index contributed by atoms with van der Waals surface area (Å²) in [6.07, 6.45) is 1.33. The number of aryl methyl sites for hydroxylation is 1. The van der Waals surface area contributed by atoms with Gasteiger partial charge < -0.3 is 15.5 Å². The first kappa shape index (κ1) is 16.4. The first-order valence-electron chi connectivity index (χ1n) is 6.94. The van der Waals surface area contributed by atoms with Crippen LogP contribution in [0.4, 0.5) is 5.82 Å². The summed E-state index contributed by atoms with van der Waals surface area (Å²) >= 11 is 0. The molecule has 0 saturated heterocycles. The number of aliphatic hydroxyl groups is 1. The predicted octanol–water partition coefficient (Wildman–Crippen LogP) is 2.55. The summed E-state index contributed by atoms with van der Waals surface area (Å²) < 4.78 is 0. The van der Waals surface area contributed by atoms with Crippen molar-refractivity contribution in [2.24, 2.45) is 5.92 Å². The van der Waals surface area contributed by atoms with Crippen LogP contribution in [0.3, 0.4) is 0 Å². The van der Waals surface area contributed by atoms with Gasteiger partial charge in [-0.05, 0) is 37.8 Å². The van der Waals surface area contributed by atoms with E-state index in [1.807, 2.05) is 20.8 Å². The number of carboxylic acid groups (broad SMARTS) is 1. The summed E-state index contributed by atoms with van der Waals surface area (Å²) in [5, 5.41) is 22.4. The van der Waals surface area contributed by atoms with Crippen LogP contribution < -0.4 is 5.32 Å². The van der Waals surface area contributed by atoms with Crippen molar-refractivity contribution in [2.45, 2.75) is 46.1 Å². The van der Waals surface area contributed by atoms with Crippen LogP contribution in [-0.2, 0) is 6.42 Å². The predicted molar refractivity (Wildman–Crippen MR) is 79.1 cm³/mol. The van der Waals surface area contributed by atoms with E-state index in [1.54, 1.807) is 13.0 Å². The lowest BCUT2D eigenvalue weighted by molar-refractivity contribution is 0.0514. The largest absolute Gasteiger partial charge is 0.478 e. The summed E-state index contributed by atoms with van der Waals surface area (Å²) in [7, 11) is 0. The number of anilines is 1. The standard InChI is InChI=1S/C15H24N2O3/c1-5-12-6-11(14(18)19)7-13(17-12)16-9-15(4,20)8-10(2)3/h6-7,10,20H,5,8-9H2,1-4H3,(H,16,17)(H,18,19). The molecule has 1 rings (SSSR count). The minimum atomic E-state index is -0.973. The Morgan fingerprint density at radius 1 is 1.45 bits per heavy atom. The molecule has 0 aromatic carbocycles. The summed E-state index contributed by atoms with van der Waals surface area (Å²) in [5.41, 5.74) is 0.0836. The number of aromatic carboxylic acids is 1. The molecule has 0 saturated carbocycles. The molecule has 1 aromatic rings. The van der Waals surface area contributed by atoms with Crippen molar-refractivity contribution in [1.82, 2.24) is 4.98 Å². The summed E-state index contributed by atoms with van der Waals surface area (Å²) in [6, 6.07) is 3.06. The Balaban J connectivity index is 2.82. The zero-order valence-corrected chi connectivity index (χ0v) is 12.6. The topological polar surface area (TPSA) is 82.5 Å². The highest BCUT2D eigenvalue weighted by Gasteiger charge is 2.22. The van der Waals surface area contributed by atoms with E-state index >= 15 is 0 Å². The molecule has 0 bridgehead atoms. The first-order valence-corrected chi connectivity index (χ1v) is 6.94. The number of rotatable bonds is 7. The first-order chi connectivity index (χ1) is 9.23. The quantitative estimate of drug-likeness (QED) is 0.715. The van der Waals surface area contributed by atoms with Crippen LogP contribution >= 0.6 is 0 Å². The molecule has 0 amide bonds. The molecule has 0 aliphatic rings. The molecule has 1 unspecified atom stereocenters. The highest BCUT2D eigenvalue weighted by molar-refractivity contribution is 5.88. The van der Waals surface area contributed by atoms with E-state index in [9.17, 15) is 9.90 Å². The van der Waals surface area contributed by atoms with Crippen molar-refractivity contribution in [3.8, 4) is 0 Å². The summed E-state index contributed by atoms with van der Waals surface area (Å²) in [4.78, 5) is 15.4. The number of pyridine rings is 1. The third-order valence-corrected chi connectivity index (χ3v) is 2.99. The van der Waals surface area contributed by atoms with Crippen LogP contribution in [0.25, 0.3) is 0 Å². The third-order valence-electron chi connectivity index (χ3n) is 2.99. The Bertz CT molecular complexity index is 470. The van der Waals surface area contributed by atoms with E-state index in [-0.39, 0.29) is 5.56 Å². The van der Waals surface area contributed by atoms with Crippen LogP contribution in [0.15, 0.2) is 12.1 Å². The van der Waals surface area contributed by atoms with Crippen LogP contribution in [-0.4, -0.2) is 33.3 Å². The molecule has 1 atom stereocenters. The van der Waals surface area contributed by atoms with Crippen molar-refractivity contribution in [3.63, 3.8) is 0 Å². The van der Waals surface area contributed by atoms with Gasteiger partial charge in [-0.1, -0.05) is 20.8 Å². The summed E-state index contributed by atoms with van der Waals surface area (Å²) in [6.45, 7) is 8.12. The smallest absolute Gasteiger partial charge is 0.335 e. The number of nitrogens with zero attached hydrogens (tertiary/aromatic N) is 1. The van der Waals surface area contributed by atoms with E-state index in [0.717, 1.165) is 5.69 Å². The minimum absolute atomic E-state index is 0.211. The second-order valence-corrected chi connectivity index (χ2v) is 5.84. The van der Waals surface area contributed by atoms with Crippen molar-refractivity contribution in [1.29, 1.82) is 0 Å². The van der Waals surface area contributed by atoms with Gasteiger partial charge in [0.2, 0.25) is 0 Å². The van der Waals surface area contributed by atoms with Crippen molar-refractivity contribution in [3.05, 3.63) is 23.4 Å². The number of carboxylic acids is 1. The lowest BCUT2D eigenvalue weighted by atomic mass is 9.94. The molecule has 0 radical (unpaired) electrons. The van der Waals surface area contributed by atoms with Gasteiger partial charge in [-0.15, -0.1) is 0 Å². The molecule has 0 aliphatic carbocycles. The fourth-order valence-corrected chi connectivity index (χ4v) is 2.22. The molecule has 20 heavy (non-hydrogen) atoms. The number of carbonyl (C=O) groups is 1. The third kappa shape index (κ3) is 5.17. The van der Waals surface area contributed by atoms with Crippen molar-refractivity contribution in [2.75, 3.05) is 11.9 Å². The lowest BCUT2D eigenvalue weighted by Crippen LogP contribution is -2.35. The maximum atomic E-state index is 11.1. The Morgan fingerprint density at radius 2 is 2.10 bits per heavy atom. The molecule has 0 aliphatic heterocycles.